The van der Waals surface area contributed by atoms with Crippen LogP contribution in [0.2, 0.25) is 6.04 Å². The predicted octanol–water partition coefficient (Wildman–Crippen LogP) is 5.47. The molecule has 0 bridgehead atoms. The Hall–Kier alpha value is -0.893. The number of benzene rings is 1. The van der Waals surface area contributed by atoms with Crippen LogP contribution in [-0.2, 0) is 25.9 Å². The van der Waals surface area contributed by atoms with Gasteiger partial charge in [-0.15, -0.1) is 0 Å². The van der Waals surface area contributed by atoms with Crippen molar-refractivity contribution < 1.29 is 26.4 Å². The molecule has 0 aliphatic carbocycles. The van der Waals surface area contributed by atoms with Crippen LogP contribution < -0.4 is 0 Å². The Labute approximate surface area is 149 Å². The molecule has 0 atom stereocenters. The third-order valence-corrected chi connectivity index (χ3v) is 7.06. The van der Waals surface area contributed by atoms with Crippen molar-refractivity contribution in [2.75, 3.05) is 14.2 Å². The minimum atomic E-state index is -4.27. The third kappa shape index (κ3) is 7.90. The van der Waals surface area contributed by atoms with Gasteiger partial charge in [-0.25, -0.2) is 0 Å². The van der Waals surface area contributed by atoms with E-state index in [1.807, 2.05) is 13.8 Å². The molecule has 0 fully saturated rings. The lowest BCUT2D eigenvalue weighted by Crippen LogP contribution is -2.45. The molecule has 1 rings (SSSR count). The summed E-state index contributed by atoms with van der Waals surface area (Å²) >= 11 is 0. The molecule has 0 aliphatic heterocycles. The molecule has 0 heterocycles. The lowest BCUT2D eigenvalue weighted by Gasteiger charge is -2.28. The van der Waals surface area contributed by atoms with Crippen molar-refractivity contribution in [2.24, 2.45) is 0 Å². The van der Waals surface area contributed by atoms with E-state index >= 15 is 0 Å². The second-order valence-electron chi connectivity index (χ2n) is 6.37. The first-order valence-corrected chi connectivity index (χ1v) is 10.6. The van der Waals surface area contributed by atoms with Crippen LogP contribution in [0.3, 0.4) is 0 Å². The standard InChI is InChI=1S/C18H29F3O3Si/c1-15(2)24-25(22-3,23-4)14-8-6-5-7-9-16-10-12-17(13-11-16)18(19,20)21/h10-13,15H,5-9,14H2,1-4H3. The average Bonchev–Trinajstić information content (AvgIpc) is 2.56. The fraction of sp³-hybridized carbons (Fsp3) is 0.667. The number of aryl methyl sites for hydroxylation is 1. The van der Waals surface area contributed by atoms with E-state index in [0.717, 1.165) is 55.8 Å². The lowest BCUT2D eigenvalue weighted by molar-refractivity contribution is -0.137. The van der Waals surface area contributed by atoms with Gasteiger partial charge in [-0.05, 0) is 50.8 Å². The zero-order valence-electron chi connectivity index (χ0n) is 15.5. The number of halogens is 3. The van der Waals surface area contributed by atoms with Crippen LogP contribution in [-0.4, -0.2) is 29.1 Å². The van der Waals surface area contributed by atoms with E-state index in [4.69, 9.17) is 13.3 Å². The van der Waals surface area contributed by atoms with Crippen molar-refractivity contribution in [2.45, 2.75) is 64.3 Å². The lowest BCUT2D eigenvalue weighted by atomic mass is 10.0. The summed E-state index contributed by atoms with van der Waals surface area (Å²) in [5, 5.41) is 0. The molecule has 1 aromatic rings. The Morgan fingerprint density at radius 3 is 1.96 bits per heavy atom. The molecule has 0 N–H and O–H groups in total. The number of hydrogen-bond donors (Lipinski definition) is 0. The summed E-state index contributed by atoms with van der Waals surface area (Å²) in [6.07, 6.45) is 0.516. The summed E-state index contributed by atoms with van der Waals surface area (Å²) in [6, 6.07) is 6.20. The number of alkyl halides is 3. The molecule has 0 aliphatic rings. The Morgan fingerprint density at radius 2 is 1.48 bits per heavy atom. The van der Waals surface area contributed by atoms with Crippen LogP contribution in [0.5, 0.6) is 0 Å². The molecule has 7 heteroatoms. The second kappa shape index (κ2) is 10.3. The monoisotopic (exact) mass is 378 g/mol. The minimum absolute atomic E-state index is 0.0613. The minimum Gasteiger partial charge on any atom is -0.377 e. The van der Waals surface area contributed by atoms with E-state index in [0.29, 0.717) is 0 Å². The summed E-state index contributed by atoms with van der Waals surface area (Å²) in [4.78, 5) is 0. The highest BCUT2D eigenvalue weighted by atomic mass is 28.4. The van der Waals surface area contributed by atoms with Gasteiger partial charge in [-0.1, -0.05) is 25.0 Å². The van der Waals surface area contributed by atoms with Gasteiger partial charge in [0.05, 0.1) is 5.56 Å². The van der Waals surface area contributed by atoms with Crippen LogP contribution in [0.15, 0.2) is 24.3 Å². The first-order chi connectivity index (χ1) is 11.7. The fourth-order valence-corrected chi connectivity index (χ4v) is 4.97. The van der Waals surface area contributed by atoms with Gasteiger partial charge >= 0.3 is 15.0 Å². The first-order valence-electron chi connectivity index (χ1n) is 8.66. The van der Waals surface area contributed by atoms with Gasteiger partial charge in [-0.3, -0.25) is 0 Å². The van der Waals surface area contributed by atoms with E-state index in [-0.39, 0.29) is 6.10 Å². The van der Waals surface area contributed by atoms with Crippen molar-refractivity contribution in [3.05, 3.63) is 35.4 Å². The molecule has 25 heavy (non-hydrogen) atoms. The summed E-state index contributed by atoms with van der Waals surface area (Å²) in [7, 11) is 0.694. The number of hydrogen-bond acceptors (Lipinski definition) is 3. The normalized spacial score (nSPS) is 12.8. The van der Waals surface area contributed by atoms with Crippen molar-refractivity contribution >= 4 is 8.80 Å². The Morgan fingerprint density at radius 1 is 0.920 bits per heavy atom. The topological polar surface area (TPSA) is 27.7 Å². The van der Waals surface area contributed by atoms with Gasteiger partial charge in [0.15, 0.2) is 0 Å². The van der Waals surface area contributed by atoms with Gasteiger partial charge < -0.3 is 13.3 Å². The van der Waals surface area contributed by atoms with Crippen LogP contribution in [0, 0.1) is 0 Å². The molecule has 0 unspecified atom stereocenters. The van der Waals surface area contributed by atoms with Gasteiger partial charge in [-0.2, -0.15) is 13.2 Å². The molecule has 0 radical (unpaired) electrons. The Kier molecular flexibility index (Phi) is 9.13. The van der Waals surface area contributed by atoms with Gasteiger partial charge in [0.2, 0.25) is 0 Å². The molecule has 0 saturated heterocycles. The zero-order chi connectivity index (χ0) is 18.9. The highest BCUT2D eigenvalue weighted by molar-refractivity contribution is 6.60. The second-order valence-corrected chi connectivity index (χ2v) is 9.28. The molecule has 0 amide bonds. The van der Waals surface area contributed by atoms with Crippen LogP contribution >= 0.6 is 0 Å². The van der Waals surface area contributed by atoms with Crippen LogP contribution in [0.25, 0.3) is 0 Å². The maximum atomic E-state index is 12.5. The van der Waals surface area contributed by atoms with Crippen molar-refractivity contribution in [3.63, 3.8) is 0 Å². The summed E-state index contributed by atoms with van der Waals surface area (Å²) < 4.78 is 54.4. The van der Waals surface area contributed by atoms with E-state index in [1.54, 1.807) is 26.4 Å². The van der Waals surface area contributed by atoms with Gasteiger partial charge in [0.25, 0.3) is 0 Å². The van der Waals surface area contributed by atoms with Crippen molar-refractivity contribution in [1.29, 1.82) is 0 Å². The van der Waals surface area contributed by atoms with Crippen LogP contribution in [0.4, 0.5) is 13.2 Å². The zero-order valence-corrected chi connectivity index (χ0v) is 16.5. The number of unbranched alkanes of at least 4 members (excludes halogenated alkanes) is 3. The molecule has 0 spiro atoms. The average molecular weight is 379 g/mol. The number of rotatable bonds is 11. The molecule has 144 valence electrons. The molecule has 0 saturated carbocycles. The van der Waals surface area contributed by atoms with Gasteiger partial charge in [0, 0.05) is 26.4 Å². The molecule has 3 nitrogen and oxygen atoms in total. The quantitative estimate of drug-likeness (QED) is 0.378. The Balaban J connectivity index is 2.29. The van der Waals surface area contributed by atoms with E-state index in [1.165, 1.54) is 0 Å². The predicted molar refractivity (Wildman–Crippen MR) is 94.4 cm³/mol. The van der Waals surface area contributed by atoms with E-state index in [2.05, 4.69) is 0 Å². The molecular formula is C18H29F3O3Si. The summed E-state index contributed by atoms with van der Waals surface area (Å²) in [5.41, 5.74) is 0.343. The SMILES string of the molecule is CO[Si](CCCCCCc1ccc(C(F)(F)F)cc1)(OC)OC(C)C. The highest BCUT2D eigenvalue weighted by Gasteiger charge is 2.39. The molecule has 1 aromatic carbocycles. The van der Waals surface area contributed by atoms with Crippen LogP contribution in [0.1, 0.15) is 50.7 Å². The maximum absolute atomic E-state index is 12.5. The first kappa shape index (κ1) is 22.1. The maximum Gasteiger partial charge on any atom is 0.500 e. The van der Waals surface area contributed by atoms with E-state index < -0.39 is 20.5 Å². The summed E-state index contributed by atoms with van der Waals surface area (Å²) in [6.45, 7) is 3.92. The highest BCUT2D eigenvalue weighted by Crippen LogP contribution is 2.29. The van der Waals surface area contributed by atoms with E-state index in [9.17, 15) is 13.2 Å². The van der Waals surface area contributed by atoms with Gasteiger partial charge in [0.1, 0.15) is 0 Å². The fourth-order valence-electron chi connectivity index (χ4n) is 2.69. The molecular weight excluding hydrogens is 349 g/mol. The largest absolute Gasteiger partial charge is 0.500 e. The smallest absolute Gasteiger partial charge is 0.377 e. The summed E-state index contributed by atoms with van der Waals surface area (Å²) in [5.74, 6) is 0. The van der Waals surface area contributed by atoms with Crippen molar-refractivity contribution in [3.8, 4) is 0 Å². The van der Waals surface area contributed by atoms with Crippen molar-refractivity contribution in [1.82, 2.24) is 0 Å². The Bertz CT molecular complexity index is 485. The third-order valence-electron chi connectivity index (χ3n) is 4.02. The molecule has 0 aromatic heterocycles.